The Labute approximate surface area is 208 Å². The minimum absolute atomic E-state index is 0.184. The molecule has 0 spiro atoms. The van der Waals surface area contributed by atoms with Crippen LogP contribution in [-0.4, -0.2) is 60.3 Å². The average Bonchev–Trinajstić information content (AvgIpc) is 2.75. The summed E-state index contributed by atoms with van der Waals surface area (Å²) in [6.07, 6.45) is 4.13. The first-order valence-corrected chi connectivity index (χ1v) is 12.4. The number of nitrogens with zero attached hydrogens (tertiary/aromatic N) is 3. The van der Waals surface area contributed by atoms with Crippen LogP contribution in [0.1, 0.15) is 58.9 Å². The normalized spacial score (nSPS) is 18.2. The maximum absolute atomic E-state index is 12.2. The Morgan fingerprint density at radius 1 is 1.12 bits per heavy atom. The van der Waals surface area contributed by atoms with Crippen LogP contribution in [-0.2, 0) is 4.74 Å². The first-order valence-electron chi connectivity index (χ1n) is 11.7. The number of hydrogen-bond donors (Lipinski definition) is 0. The number of nitriles is 1. The van der Waals surface area contributed by atoms with E-state index in [9.17, 15) is 4.79 Å². The molecule has 0 atom stereocenters. The number of hydrogen-bond acceptors (Lipinski definition) is 5. The van der Waals surface area contributed by atoms with E-state index in [1.807, 2.05) is 38.7 Å². The molecule has 0 saturated carbocycles. The van der Waals surface area contributed by atoms with Crippen molar-refractivity contribution in [2.24, 2.45) is 5.92 Å². The SMILES string of the molecule is CC#N.Cc1c(OC2CCN(CC3CCN(C(=O)OC(C)(C)C)CC3)CC2)ccc(Cl)c1Cl. The highest BCUT2D eigenvalue weighted by Crippen LogP contribution is 2.33. The Morgan fingerprint density at radius 2 is 1.70 bits per heavy atom. The largest absolute Gasteiger partial charge is 0.490 e. The Balaban J connectivity index is 0.00000122. The van der Waals surface area contributed by atoms with Crippen LogP contribution < -0.4 is 4.74 Å². The third kappa shape index (κ3) is 8.88. The lowest BCUT2D eigenvalue weighted by atomic mass is 9.95. The quantitative estimate of drug-likeness (QED) is 0.486. The zero-order chi connectivity index (χ0) is 24.6. The second-order valence-corrected chi connectivity index (χ2v) is 10.5. The van der Waals surface area contributed by atoms with Gasteiger partial charge in [0, 0.05) is 45.2 Å². The van der Waals surface area contributed by atoms with Crippen LogP contribution in [0.25, 0.3) is 0 Å². The summed E-state index contributed by atoms with van der Waals surface area (Å²) >= 11 is 12.3. The van der Waals surface area contributed by atoms with Gasteiger partial charge in [0.15, 0.2) is 0 Å². The molecule has 1 amide bonds. The van der Waals surface area contributed by atoms with Crippen molar-refractivity contribution in [2.45, 2.75) is 72.0 Å². The molecule has 2 aliphatic heterocycles. The lowest BCUT2D eigenvalue weighted by molar-refractivity contribution is 0.0156. The third-order valence-corrected chi connectivity index (χ3v) is 6.80. The second kappa shape index (κ2) is 12.7. The van der Waals surface area contributed by atoms with E-state index in [0.717, 1.165) is 69.7 Å². The van der Waals surface area contributed by atoms with E-state index in [2.05, 4.69) is 4.90 Å². The number of carbonyl (C=O) groups is 1. The number of ether oxygens (including phenoxy) is 2. The zero-order valence-corrected chi connectivity index (χ0v) is 22.0. The maximum Gasteiger partial charge on any atom is 0.410 e. The van der Waals surface area contributed by atoms with Gasteiger partial charge in [0.05, 0.1) is 16.1 Å². The summed E-state index contributed by atoms with van der Waals surface area (Å²) in [5.41, 5.74) is 0.472. The van der Waals surface area contributed by atoms with Gasteiger partial charge < -0.3 is 19.3 Å². The number of amides is 1. The monoisotopic (exact) mass is 497 g/mol. The molecular weight excluding hydrogens is 461 g/mol. The van der Waals surface area contributed by atoms with Gasteiger partial charge in [0.2, 0.25) is 0 Å². The van der Waals surface area contributed by atoms with Crippen LogP contribution in [0.4, 0.5) is 4.79 Å². The molecule has 2 saturated heterocycles. The third-order valence-electron chi connectivity index (χ3n) is 5.90. The van der Waals surface area contributed by atoms with Crippen LogP contribution in [0, 0.1) is 24.2 Å². The van der Waals surface area contributed by atoms with Gasteiger partial charge in [0.25, 0.3) is 0 Å². The predicted molar refractivity (Wildman–Crippen MR) is 133 cm³/mol. The molecule has 0 aromatic heterocycles. The molecule has 33 heavy (non-hydrogen) atoms. The van der Waals surface area contributed by atoms with E-state index in [1.54, 1.807) is 12.1 Å². The van der Waals surface area contributed by atoms with Crippen molar-refractivity contribution >= 4 is 29.3 Å². The van der Waals surface area contributed by atoms with Crippen molar-refractivity contribution < 1.29 is 14.3 Å². The van der Waals surface area contributed by atoms with Crippen LogP contribution >= 0.6 is 23.2 Å². The molecule has 1 aromatic carbocycles. The van der Waals surface area contributed by atoms with Gasteiger partial charge in [-0.1, -0.05) is 23.2 Å². The van der Waals surface area contributed by atoms with Crippen LogP contribution in [0.3, 0.4) is 0 Å². The van der Waals surface area contributed by atoms with Gasteiger partial charge in [-0.2, -0.15) is 5.26 Å². The minimum atomic E-state index is -0.434. The predicted octanol–water partition coefficient (Wildman–Crippen LogP) is 6.32. The fourth-order valence-electron chi connectivity index (χ4n) is 4.14. The topological polar surface area (TPSA) is 65.8 Å². The molecule has 0 N–H and O–H groups in total. The highest BCUT2D eigenvalue weighted by Gasteiger charge is 2.29. The number of benzene rings is 1. The van der Waals surface area contributed by atoms with E-state index in [0.29, 0.717) is 16.0 Å². The van der Waals surface area contributed by atoms with Gasteiger partial charge >= 0.3 is 6.09 Å². The van der Waals surface area contributed by atoms with Crippen molar-refractivity contribution in [1.82, 2.24) is 9.80 Å². The van der Waals surface area contributed by atoms with Gasteiger partial charge in [-0.25, -0.2) is 4.79 Å². The molecule has 0 aliphatic carbocycles. The van der Waals surface area contributed by atoms with Gasteiger partial charge in [-0.05, 0) is 71.4 Å². The van der Waals surface area contributed by atoms with Crippen molar-refractivity contribution in [3.8, 4) is 11.8 Å². The summed E-state index contributed by atoms with van der Waals surface area (Å²) in [5, 5.41) is 8.46. The number of piperidine rings is 2. The molecule has 0 bridgehead atoms. The molecule has 6 nitrogen and oxygen atoms in total. The lowest BCUT2D eigenvalue weighted by Gasteiger charge is -2.38. The summed E-state index contributed by atoms with van der Waals surface area (Å²) in [4.78, 5) is 16.6. The average molecular weight is 498 g/mol. The van der Waals surface area contributed by atoms with E-state index in [-0.39, 0.29) is 12.2 Å². The minimum Gasteiger partial charge on any atom is -0.490 e. The molecule has 2 aliphatic rings. The fraction of sp³-hybridized carbons (Fsp3) is 0.680. The summed E-state index contributed by atoms with van der Waals surface area (Å²) in [6.45, 7) is 13.9. The lowest BCUT2D eigenvalue weighted by Crippen LogP contribution is -2.45. The molecule has 0 radical (unpaired) electrons. The highest BCUT2D eigenvalue weighted by atomic mass is 35.5. The Kier molecular flexibility index (Phi) is 10.6. The maximum atomic E-state index is 12.2. The van der Waals surface area contributed by atoms with Crippen molar-refractivity contribution in [2.75, 3.05) is 32.7 Å². The molecular formula is C25H37Cl2N3O3. The molecule has 184 valence electrons. The summed E-state index contributed by atoms with van der Waals surface area (Å²) < 4.78 is 11.7. The zero-order valence-electron chi connectivity index (χ0n) is 20.5. The van der Waals surface area contributed by atoms with Gasteiger partial charge in [-0.15, -0.1) is 0 Å². The summed E-state index contributed by atoms with van der Waals surface area (Å²) in [7, 11) is 0. The van der Waals surface area contributed by atoms with Crippen LogP contribution in [0.5, 0.6) is 5.75 Å². The smallest absolute Gasteiger partial charge is 0.410 e. The number of carbonyl (C=O) groups excluding carboxylic acids is 1. The fourth-order valence-corrected chi connectivity index (χ4v) is 4.50. The first kappa shape index (κ1) is 27.6. The van der Waals surface area contributed by atoms with Crippen molar-refractivity contribution in [3.63, 3.8) is 0 Å². The molecule has 3 rings (SSSR count). The number of likely N-dealkylation sites (tertiary alicyclic amines) is 2. The van der Waals surface area contributed by atoms with E-state index >= 15 is 0 Å². The van der Waals surface area contributed by atoms with E-state index < -0.39 is 5.60 Å². The Morgan fingerprint density at radius 3 is 2.24 bits per heavy atom. The number of halogens is 2. The second-order valence-electron chi connectivity index (χ2n) is 9.74. The highest BCUT2D eigenvalue weighted by molar-refractivity contribution is 6.42. The van der Waals surface area contributed by atoms with E-state index in [1.165, 1.54) is 6.92 Å². The Hall–Kier alpha value is -1.68. The number of rotatable bonds is 4. The standard InChI is InChI=1S/C23H34Cl2N2O3.C2H3N/c1-16-20(6-5-19(24)21(16)25)29-18-9-11-26(12-10-18)15-17-7-13-27(14-8-17)22(28)30-23(2,3)4;1-2-3/h5-6,17-18H,7-15H2,1-4H3;1H3. The van der Waals surface area contributed by atoms with Gasteiger partial charge in [-0.3, -0.25) is 0 Å². The van der Waals surface area contributed by atoms with E-state index in [4.69, 9.17) is 37.9 Å². The first-order chi connectivity index (χ1) is 15.5. The molecule has 8 heteroatoms. The van der Waals surface area contributed by atoms with Crippen LogP contribution in [0.15, 0.2) is 12.1 Å². The molecule has 1 aromatic rings. The van der Waals surface area contributed by atoms with Crippen molar-refractivity contribution in [3.05, 3.63) is 27.7 Å². The molecule has 2 fully saturated rings. The van der Waals surface area contributed by atoms with Crippen molar-refractivity contribution in [1.29, 1.82) is 5.26 Å². The molecule has 0 unspecified atom stereocenters. The van der Waals surface area contributed by atoms with Gasteiger partial charge in [0.1, 0.15) is 17.5 Å². The van der Waals surface area contributed by atoms with Crippen LogP contribution in [0.2, 0.25) is 10.0 Å². The molecule has 2 heterocycles. The Bertz CT molecular complexity index is 819. The summed E-state index contributed by atoms with van der Waals surface area (Å²) in [6, 6.07) is 5.46. The summed E-state index contributed by atoms with van der Waals surface area (Å²) in [5.74, 6) is 1.47.